The first-order valence-electron chi connectivity index (χ1n) is 11.7. The van der Waals surface area contributed by atoms with E-state index in [4.69, 9.17) is 9.84 Å². The van der Waals surface area contributed by atoms with Gasteiger partial charge in [-0.3, -0.25) is 0 Å². The van der Waals surface area contributed by atoms with Crippen molar-refractivity contribution in [2.45, 2.75) is 13.0 Å². The van der Waals surface area contributed by atoms with Gasteiger partial charge in [0, 0.05) is 48.1 Å². The monoisotopic (exact) mass is 493 g/mol. The summed E-state index contributed by atoms with van der Waals surface area (Å²) in [5, 5.41) is 15.2. The van der Waals surface area contributed by atoms with E-state index in [0.29, 0.717) is 5.56 Å². The van der Waals surface area contributed by atoms with Crippen molar-refractivity contribution < 1.29 is 9.53 Å². The standard InChI is InChI=1S/C28H23N5O2S/c1-35-28(34)21-9-7-19(8-10-21)26-29-30-27(36-26)20-11-13-23(14-12-20)32-16-15-25-22(17-32)18-33(31-25)24-5-3-2-4-6-24/h2-14,18H,15-17H2,1H3. The van der Waals surface area contributed by atoms with Crippen molar-refractivity contribution in [1.29, 1.82) is 0 Å². The van der Waals surface area contributed by atoms with Crippen LogP contribution in [0.2, 0.25) is 0 Å². The Balaban J connectivity index is 1.16. The molecule has 0 N–H and O–H groups in total. The molecule has 2 aromatic heterocycles. The Morgan fingerprint density at radius 2 is 1.53 bits per heavy atom. The van der Waals surface area contributed by atoms with Crippen LogP contribution in [-0.4, -0.2) is 39.6 Å². The summed E-state index contributed by atoms with van der Waals surface area (Å²) in [6.45, 7) is 1.77. The molecule has 8 heteroatoms. The number of aromatic nitrogens is 4. The van der Waals surface area contributed by atoms with Gasteiger partial charge in [0.1, 0.15) is 10.0 Å². The third-order valence-electron chi connectivity index (χ3n) is 6.34. The summed E-state index contributed by atoms with van der Waals surface area (Å²) in [6, 6.07) is 25.9. The van der Waals surface area contributed by atoms with Gasteiger partial charge < -0.3 is 9.64 Å². The van der Waals surface area contributed by atoms with Crippen molar-refractivity contribution in [2.24, 2.45) is 0 Å². The van der Waals surface area contributed by atoms with E-state index < -0.39 is 0 Å². The fourth-order valence-electron chi connectivity index (χ4n) is 4.38. The lowest BCUT2D eigenvalue weighted by atomic mass is 10.1. The van der Waals surface area contributed by atoms with E-state index in [2.05, 4.69) is 57.7 Å². The lowest BCUT2D eigenvalue weighted by Crippen LogP contribution is -2.29. The predicted molar refractivity (Wildman–Crippen MR) is 140 cm³/mol. The summed E-state index contributed by atoms with van der Waals surface area (Å²) in [6.07, 6.45) is 3.07. The predicted octanol–water partition coefficient (Wildman–Crippen LogP) is 5.41. The fraction of sp³-hybridized carbons (Fsp3) is 0.143. The maximum absolute atomic E-state index is 11.7. The number of fused-ring (bicyclic) bond motifs is 1. The Bertz CT molecular complexity index is 1510. The van der Waals surface area contributed by atoms with Crippen LogP contribution in [0, 0.1) is 0 Å². The largest absolute Gasteiger partial charge is 0.465 e. The number of esters is 1. The van der Waals surface area contributed by atoms with Gasteiger partial charge in [-0.15, -0.1) is 10.2 Å². The van der Waals surface area contributed by atoms with Crippen LogP contribution in [-0.2, 0) is 17.7 Å². The topological polar surface area (TPSA) is 73.1 Å². The second kappa shape index (κ2) is 9.39. The zero-order valence-electron chi connectivity index (χ0n) is 19.7. The van der Waals surface area contributed by atoms with Crippen molar-refractivity contribution in [1.82, 2.24) is 20.0 Å². The van der Waals surface area contributed by atoms with Crippen LogP contribution in [0.25, 0.3) is 26.8 Å². The van der Waals surface area contributed by atoms with Gasteiger partial charge in [-0.2, -0.15) is 5.10 Å². The molecule has 36 heavy (non-hydrogen) atoms. The second-order valence-corrected chi connectivity index (χ2v) is 9.56. The Labute approximate surface area is 212 Å². The highest BCUT2D eigenvalue weighted by Crippen LogP contribution is 2.32. The molecule has 0 amide bonds. The van der Waals surface area contributed by atoms with Crippen LogP contribution < -0.4 is 4.90 Å². The van der Waals surface area contributed by atoms with Gasteiger partial charge in [-0.05, 0) is 48.5 Å². The molecule has 6 rings (SSSR count). The smallest absolute Gasteiger partial charge is 0.337 e. The fourth-order valence-corrected chi connectivity index (χ4v) is 5.24. The van der Waals surface area contributed by atoms with Gasteiger partial charge in [0.05, 0.1) is 24.1 Å². The molecule has 7 nitrogen and oxygen atoms in total. The molecule has 1 aliphatic heterocycles. The molecule has 0 aliphatic carbocycles. The number of carbonyl (C=O) groups is 1. The van der Waals surface area contributed by atoms with Gasteiger partial charge in [0.2, 0.25) is 0 Å². The first kappa shape index (κ1) is 22.2. The Kier molecular flexibility index (Phi) is 5.79. The van der Waals surface area contributed by atoms with Crippen LogP contribution >= 0.6 is 11.3 Å². The number of methoxy groups -OCH3 is 1. The number of nitrogens with zero attached hydrogens (tertiary/aromatic N) is 5. The van der Waals surface area contributed by atoms with Crippen molar-refractivity contribution in [3.8, 4) is 26.8 Å². The Hall–Kier alpha value is -4.30. The van der Waals surface area contributed by atoms with Crippen LogP contribution in [0.15, 0.2) is 85.1 Å². The third-order valence-corrected chi connectivity index (χ3v) is 7.36. The molecule has 0 radical (unpaired) electrons. The molecule has 3 aromatic carbocycles. The summed E-state index contributed by atoms with van der Waals surface area (Å²) in [7, 11) is 1.38. The van der Waals surface area contributed by atoms with Crippen molar-refractivity contribution in [2.75, 3.05) is 18.6 Å². The van der Waals surface area contributed by atoms with Crippen LogP contribution in [0.4, 0.5) is 5.69 Å². The number of carbonyl (C=O) groups excluding carboxylic acids is 1. The van der Waals surface area contributed by atoms with Gasteiger partial charge >= 0.3 is 5.97 Å². The Morgan fingerprint density at radius 3 is 2.19 bits per heavy atom. The van der Waals surface area contributed by atoms with E-state index >= 15 is 0 Å². The summed E-state index contributed by atoms with van der Waals surface area (Å²) in [4.78, 5) is 14.0. The lowest BCUT2D eigenvalue weighted by molar-refractivity contribution is 0.0600. The second-order valence-electron chi connectivity index (χ2n) is 8.58. The summed E-state index contributed by atoms with van der Waals surface area (Å²) >= 11 is 1.53. The maximum atomic E-state index is 11.7. The lowest BCUT2D eigenvalue weighted by Gasteiger charge is -2.28. The summed E-state index contributed by atoms with van der Waals surface area (Å²) in [5.41, 5.74) is 7.16. The van der Waals surface area contributed by atoms with E-state index in [1.165, 1.54) is 35.4 Å². The quantitative estimate of drug-likeness (QED) is 0.305. The molecule has 0 saturated heterocycles. The zero-order chi connectivity index (χ0) is 24.5. The van der Waals surface area contributed by atoms with Gasteiger partial charge in [0.25, 0.3) is 0 Å². The normalized spacial score (nSPS) is 12.9. The van der Waals surface area contributed by atoms with Crippen molar-refractivity contribution in [3.63, 3.8) is 0 Å². The van der Waals surface area contributed by atoms with Gasteiger partial charge in [0.15, 0.2) is 0 Å². The molecule has 5 aromatic rings. The van der Waals surface area contributed by atoms with Crippen LogP contribution in [0.1, 0.15) is 21.6 Å². The van der Waals surface area contributed by atoms with E-state index in [0.717, 1.165) is 46.3 Å². The highest BCUT2D eigenvalue weighted by Gasteiger charge is 2.20. The number of para-hydroxylation sites is 1. The van der Waals surface area contributed by atoms with E-state index in [9.17, 15) is 4.79 Å². The number of hydrogen-bond acceptors (Lipinski definition) is 7. The average Bonchev–Trinajstić information content (AvgIpc) is 3.61. The number of rotatable bonds is 5. The number of hydrogen-bond donors (Lipinski definition) is 0. The minimum absolute atomic E-state index is 0.352. The first-order valence-corrected chi connectivity index (χ1v) is 12.5. The SMILES string of the molecule is COC(=O)c1ccc(-c2nnc(-c3ccc(N4CCc5nn(-c6ccccc6)cc5C4)cc3)s2)cc1. The van der Waals surface area contributed by atoms with Crippen LogP contribution in [0.5, 0.6) is 0 Å². The molecule has 1 aliphatic rings. The summed E-state index contributed by atoms with van der Waals surface area (Å²) in [5.74, 6) is -0.352. The van der Waals surface area contributed by atoms with Crippen LogP contribution in [0.3, 0.4) is 0 Å². The van der Waals surface area contributed by atoms with Gasteiger partial charge in [-0.25, -0.2) is 9.48 Å². The number of benzene rings is 3. The van der Waals surface area contributed by atoms with Gasteiger partial charge in [-0.1, -0.05) is 41.7 Å². The molecule has 0 fully saturated rings. The molecule has 0 saturated carbocycles. The highest BCUT2D eigenvalue weighted by atomic mass is 32.1. The number of ether oxygens (including phenoxy) is 1. The molecule has 0 unspecified atom stereocenters. The highest BCUT2D eigenvalue weighted by molar-refractivity contribution is 7.17. The minimum atomic E-state index is -0.352. The van der Waals surface area contributed by atoms with Crippen molar-refractivity contribution >= 4 is 23.0 Å². The molecule has 0 spiro atoms. The van der Waals surface area contributed by atoms with Crippen molar-refractivity contribution in [3.05, 3.63) is 102 Å². The van der Waals surface area contributed by atoms with E-state index in [-0.39, 0.29) is 5.97 Å². The molecule has 178 valence electrons. The number of anilines is 1. The molecule has 3 heterocycles. The average molecular weight is 494 g/mol. The first-order chi connectivity index (χ1) is 17.7. The van der Waals surface area contributed by atoms with E-state index in [1.54, 1.807) is 12.1 Å². The van der Waals surface area contributed by atoms with E-state index in [1.807, 2.05) is 35.0 Å². The third kappa shape index (κ3) is 4.27. The minimum Gasteiger partial charge on any atom is -0.465 e. The molecule has 0 bridgehead atoms. The molecular formula is C28H23N5O2S. The zero-order valence-corrected chi connectivity index (χ0v) is 20.5. The maximum Gasteiger partial charge on any atom is 0.337 e. The summed E-state index contributed by atoms with van der Waals surface area (Å²) < 4.78 is 6.74. The molecular weight excluding hydrogens is 470 g/mol. The Morgan fingerprint density at radius 1 is 0.861 bits per heavy atom. The molecule has 0 atom stereocenters.